The van der Waals surface area contributed by atoms with Gasteiger partial charge in [-0.05, 0) is 44.2 Å². The van der Waals surface area contributed by atoms with Crippen LogP contribution in [-0.2, 0) is 0 Å². The van der Waals surface area contributed by atoms with Crippen LogP contribution in [0.5, 0.6) is 11.5 Å². The zero-order valence-corrected chi connectivity index (χ0v) is 13.1. The minimum absolute atomic E-state index is 0.576. The lowest BCUT2D eigenvalue weighted by atomic mass is 10.0. The molecule has 0 atom stereocenters. The summed E-state index contributed by atoms with van der Waals surface area (Å²) in [6, 6.07) is 9.98. The first kappa shape index (κ1) is 13.8. The van der Waals surface area contributed by atoms with Crippen LogP contribution in [0.25, 0.3) is 22.5 Å². The van der Waals surface area contributed by atoms with Crippen LogP contribution in [0.4, 0.5) is 0 Å². The largest absolute Gasteiger partial charge is 0.486 e. The van der Waals surface area contributed by atoms with Crippen LogP contribution in [0.3, 0.4) is 0 Å². The molecule has 0 saturated heterocycles. The van der Waals surface area contributed by atoms with Crippen molar-refractivity contribution in [2.75, 3.05) is 13.2 Å². The summed E-state index contributed by atoms with van der Waals surface area (Å²) >= 11 is 0. The molecule has 0 bridgehead atoms. The number of aromatic amines is 1. The van der Waals surface area contributed by atoms with Crippen molar-refractivity contribution in [3.05, 3.63) is 48.0 Å². The molecule has 1 aliphatic rings. The van der Waals surface area contributed by atoms with E-state index in [-0.39, 0.29) is 0 Å². The molecular weight excluding hydrogens is 290 g/mol. The molecule has 1 aliphatic heterocycles. The first-order valence-corrected chi connectivity index (χ1v) is 7.60. The summed E-state index contributed by atoms with van der Waals surface area (Å²) in [6.45, 7) is 5.11. The fraction of sp³-hybridized carbons (Fsp3) is 0.222. The zero-order valence-electron chi connectivity index (χ0n) is 13.1. The maximum absolute atomic E-state index is 5.68. The first-order chi connectivity index (χ1) is 11.2. The molecule has 4 rings (SSSR count). The lowest BCUT2D eigenvalue weighted by molar-refractivity contribution is 0.171. The molecule has 1 N–H and O–H groups in total. The lowest BCUT2D eigenvalue weighted by Crippen LogP contribution is -2.15. The average molecular weight is 307 g/mol. The highest BCUT2D eigenvalue weighted by Gasteiger charge is 2.17. The Labute approximate surface area is 134 Å². The third-order valence-corrected chi connectivity index (χ3v) is 3.82. The average Bonchev–Trinajstić information content (AvgIpc) is 2.96. The van der Waals surface area contributed by atoms with Crippen molar-refractivity contribution in [3.63, 3.8) is 0 Å². The van der Waals surface area contributed by atoms with Gasteiger partial charge >= 0.3 is 0 Å². The number of nitrogens with zero attached hydrogens (tertiary/aromatic N) is 2. The van der Waals surface area contributed by atoms with E-state index in [4.69, 9.17) is 9.47 Å². The maximum Gasteiger partial charge on any atom is 0.162 e. The van der Waals surface area contributed by atoms with Crippen LogP contribution >= 0.6 is 0 Å². The van der Waals surface area contributed by atoms with Gasteiger partial charge in [0.2, 0.25) is 0 Å². The van der Waals surface area contributed by atoms with Crippen molar-refractivity contribution in [1.29, 1.82) is 0 Å². The summed E-state index contributed by atoms with van der Waals surface area (Å²) in [5, 5.41) is 0. The van der Waals surface area contributed by atoms with Gasteiger partial charge in [-0.1, -0.05) is 0 Å². The van der Waals surface area contributed by atoms with Gasteiger partial charge in [-0.15, -0.1) is 0 Å². The van der Waals surface area contributed by atoms with Crippen molar-refractivity contribution < 1.29 is 9.47 Å². The number of benzene rings is 1. The Balaban J connectivity index is 1.83. The smallest absolute Gasteiger partial charge is 0.162 e. The molecule has 2 aromatic heterocycles. The highest BCUT2D eigenvalue weighted by molar-refractivity contribution is 5.79. The molecule has 0 spiro atoms. The molecule has 3 heterocycles. The molecule has 116 valence electrons. The number of aromatic nitrogens is 3. The maximum atomic E-state index is 5.68. The van der Waals surface area contributed by atoms with Crippen molar-refractivity contribution in [2.45, 2.75) is 13.8 Å². The van der Waals surface area contributed by atoms with Gasteiger partial charge < -0.3 is 14.5 Å². The van der Waals surface area contributed by atoms with Crippen LogP contribution in [0, 0.1) is 13.8 Å². The van der Waals surface area contributed by atoms with E-state index in [2.05, 4.69) is 21.0 Å². The Morgan fingerprint density at radius 3 is 2.61 bits per heavy atom. The predicted molar refractivity (Wildman–Crippen MR) is 87.7 cm³/mol. The van der Waals surface area contributed by atoms with Gasteiger partial charge in [0.15, 0.2) is 11.5 Å². The number of imidazole rings is 1. The number of hydrogen-bond acceptors (Lipinski definition) is 4. The second-order valence-corrected chi connectivity index (χ2v) is 5.59. The van der Waals surface area contributed by atoms with Crippen molar-refractivity contribution in [2.24, 2.45) is 0 Å². The predicted octanol–water partition coefficient (Wildman–Crippen LogP) is 3.53. The fourth-order valence-corrected chi connectivity index (χ4v) is 2.80. The molecule has 1 aromatic carbocycles. The zero-order chi connectivity index (χ0) is 15.8. The van der Waals surface area contributed by atoms with Crippen LogP contribution in [0.2, 0.25) is 0 Å². The van der Waals surface area contributed by atoms with Gasteiger partial charge in [0.1, 0.15) is 19.0 Å². The Kier molecular flexibility index (Phi) is 3.26. The minimum Gasteiger partial charge on any atom is -0.486 e. The Morgan fingerprint density at radius 2 is 1.78 bits per heavy atom. The summed E-state index contributed by atoms with van der Waals surface area (Å²) in [7, 11) is 0. The quantitative estimate of drug-likeness (QED) is 0.787. The highest BCUT2D eigenvalue weighted by atomic mass is 16.6. The molecule has 0 amide bonds. The van der Waals surface area contributed by atoms with Crippen LogP contribution in [0.1, 0.15) is 11.5 Å². The molecule has 0 radical (unpaired) electrons. The molecule has 0 unspecified atom stereocenters. The van der Waals surface area contributed by atoms with Crippen molar-refractivity contribution >= 4 is 0 Å². The van der Waals surface area contributed by atoms with Gasteiger partial charge in [-0.25, -0.2) is 4.98 Å². The SMILES string of the molecule is Cc1cc(-c2[nH]c(C)nc2-c2ccc3c(c2)OCCO3)ccn1. The third-order valence-electron chi connectivity index (χ3n) is 3.82. The molecular formula is C18H17N3O2. The Morgan fingerprint density at radius 1 is 0.957 bits per heavy atom. The second kappa shape index (κ2) is 5.43. The third kappa shape index (κ3) is 2.54. The molecule has 0 fully saturated rings. The number of nitrogens with one attached hydrogen (secondary N) is 1. The van der Waals surface area contributed by atoms with E-state index < -0.39 is 0 Å². The lowest BCUT2D eigenvalue weighted by Gasteiger charge is -2.18. The Hall–Kier alpha value is -2.82. The molecule has 0 saturated carbocycles. The molecule has 23 heavy (non-hydrogen) atoms. The number of aryl methyl sites for hydroxylation is 2. The Bertz CT molecular complexity index is 870. The van der Waals surface area contributed by atoms with E-state index in [1.807, 2.05) is 44.3 Å². The highest BCUT2D eigenvalue weighted by Crippen LogP contribution is 2.37. The number of H-pyrrole nitrogens is 1. The number of pyridine rings is 1. The van der Waals surface area contributed by atoms with E-state index in [1.54, 1.807) is 0 Å². The van der Waals surface area contributed by atoms with E-state index in [0.717, 1.165) is 45.5 Å². The van der Waals surface area contributed by atoms with Crippen LogP contribution in [-0.4, -0.2) is 28.2 Å². The minimum atomic E-state index is 0.576. The molecule has 5 nitrogen and oxygen atoms in total. The van der Waals surface area contributed by atoms with Gasteiger partial charge in [-0.3, -0.25) is 4.98 Å². The monoisotopic (exact) mass is 307 g/mol. The molecule has 5 heteroatoms. The molecule has 3 aromatic rings. The molecule has 0 aliphatic carbocycles. The van der Waals surface area contributed by atoms with E-state index in [1.165, 1.54) is 0 Å². The van der Waals surface area contributed by atoms with E-state index in [9.17, 15) is 0 Å². The van der Waals surface area contributed by atoms with Crippen molar-refractivity contribution in [3.8, 4) is 34.0 Å². The van der Waals surface area contributed by atoms with E-state index >= 15 is 0 Å². The fourth-order valence-electron chi connectivity index (χ4n) is 2.80. The number of rotatable bonds is 2. The summed E-state index contributed by atoms with van der Waals surface area (Å²) in [6.07, 6.45) is 1.81. The summed E-state index contributed by atoms with van der Waals surface area (Å²) in [5.41, 5.74) is 4.95. The standard InChI is InChI=1S/C18H17N3O2/c1-11-9-14(5-6-19-11)18-17(20-12(2)21-18)13-3-4-15-16(10-13)23-8-7-22-15/h3-6,9-10H,7-8H2,1-2H3,(H,20,21). The number of fused-ring (bicyclic) bond motifs is 1. The van der Waals surface area contributed by atoms with Gasteiger partial charge in [-0.2, -0.15) is 0 Å². The second-order valence-electron chi connectivity index (χ2n) is 5.59. The van der Waals surface area contributed by atoms with Gasteiger partial charge in [0.25, 0.3) is 0 Å². The topological polar surface area (TPSA) is 60.0 Å². The van der Waals surface area contributed by atoms with Gasteiger partial charge in [0.05, 0.1) is 11.4 Å². The normalized spacial score (nSPS) is 13.1. The summed E-state index contributed by atoms with van der Waals surface area (Å²) in [5.74, 6) is 2.43. The number of ether oxygens (including phenoxy) is 2. The van der Waals surface area contributed by atoms with E-state index in [0.29, 0.717) is 13.2 Å². The summed E-state index contributed by atoms with van der Waals surface area (Å²) < 4.78 is 11.3. The van der Waals surface area contributed by atoms with Crippen LogP contribution < -0.4 is 9.47 Å². The number of hydrogen-bond donors (Lipinski definition) is 1. The summed E-state index contributed by atoms with van der Waals surface area (Å²) in [4.78, 5) is 12.3. The van der Waals surface area contributed by atoms with Crippen molar-refractivity contribution in [1.82, 2.24) is 15.0 Å². The van der Waals surface area contributed by atoms with Gasteiger partial charge in [0, 0.05) is 23.0 Å². The first-order valence-electron chi connectivity index (χ1n) is 7.60. The van der Waals surface area contributed by atoms with Crippen LogP contribution in [0.15, 0.2) is 36.5 Å².